The summed E-state index contributed by atoms with van der Waals surface area (Å²) >= 11 is 1.81. The van der Waals surface area contributed by atoms with Crippen LogP contribution in [0.3, 0.4) is 0 Å². The molecule has 4 rings (SSSR count). The maximum absolute atomic E-state index is 12.4. The number of aromatic nitrogens is 1. The third-order valence-corrected chi connectivity index (χ3v) is 6.68. The summed E-state index contributed by atoms with van der Waals surface area (Å²) < 4.78 is 0. The van der Waals surface area contributed by atoms with Crippen LogP contribution < -0.4 is 15.5 Å². The zero-order valence-corrected chi connectivity index (χ0v) is 18.1. The van der Waals surface area contributed by atoms with Crippen LogP contribution in [-0.4, -0.2) is 30.0 Å². The molecular formula is C24H28N4OS. The number of hydrogen-bond donors (Lipinski definition) is 2. The lowest BCUT2D eigenvalue weighted by molar-refractivity contribution is 0.0951. The topological polar surface area (TPSA) is 57.3 Å². The highest BCUT2D eigenvalue weighted by Crippen LogP contribution is 2.24. The maximum Gasteiger partial charge on any atom is 0.251 e. The van der Waals surface area contributed by atoms with Gasteiger partial charge in [0.15, 0.2) is 0 Å². The van der Waals surface area contributed by atoms with Crippen molar-refractivity contribution < 1.29 is 4.79 Å². The van der Waals surface area contributed by atoms with Gasteiger partial charge in [-0.15, -0.1) is 11.3 Å². The number of rotatable bonds is 7. The second-order valence-corrected chi connectivity index (χ2v) is 8.74. The van der Waals surface area contributed by atoms with Crippen molar-refractivity contribution in [3.63, 3.8) is 0 Å². The highest BCUT2D eigenvalue weighted by Gasteiger charge is 2.21. The van der Waals surface area contributed by atoms with E-state index in [1.807, 2.05) is 35.6 Å². The zero-order chi connectivity index (χ0) is 20.8. The Hall–Kier alpha value is -2.70. The van der Waals surface area contributed by atoms with Gasteiger partial charge < -0.3 is 15.5 Å². The molecule has 1 aliphatic rings. The summed E-state index contributed by atoms with van der Waals surface area (Å²) in [5.74, 6) is -0.0594. The van der Waals surface area contributed by atoms with Gasteiger partial charge in [0.1, 0.15) is 0 Å². The Morgan fingerprint density at radius 1 is 1.17 bits per heavy atom. The highest BCUT2D eigenvalue weighted by atomic mass is 32.1. The number of amides is 1. The van der Waals surface area contributed by atoms with E-state index in [2.05, 4.69) is 57.1 Å². The second kappa shape index (κ2) is 9.87. The Morgan fingerprint density at radius 2 is 1.97 bits per heavy atom. The van der Waals surface area contributed by atoms with Gasteiger partial charge in [-0.3, -0.25) is 9.78 Å². The van der Waals surface area contributed by atoms with Gasteiger partial charge in [0.25, 0.3) is 5.91 Å². The van der Waals surface area contributed by atoms with Gasteiger partial charge in [-0.25, -0.2) is 0 Å². The van der Waals surface area contributed by atoms with Gasteiger partial charge in [-0.2, -0.15) is 0 Å². The van der Waals surface area contributed by atoms with E-state index in [0.717, 1.165) is 31.5 Å². The average Bonchev–Trinajstić information content (AvgIpc) is 3.34. The standard InChI is InChI=1S/C24H28N4OS/c1-18(23-5-3-15-30-23)27-21-10-13-28(14-11-21)22-8-6-20(7-9-22)24(29)26-17-19-4-2-12-25-16-19/h2-9,12,15-16,18,21,27H,10-11,13-14,17H2,1H3,(H,26,29). The molecule has 2 aromatic heterocycles. The van der Waals surface area contributed by atoms with Gasteiger partial charge in [-0.05, 0) is 67.1 Å². The van der Waals surface area contributed by atoms with Gasteiger partial charge in [-0.1, -0.05) is 12.1 Å². The van der Waals surface area contributed by atoms with Crippen molar-refractivity contribution in [1.82, 2.24) is 15.6 Å². The lowest BCUT2D eigenvalue weighted by Crippen LogP contribution is -2.43. The third-order valence-electron chi connectivity index (χ3n) is 5.62. The normalized spacial score (nSPS) is 15.7. The predicted octanol–water partition coefficient (Wildman–Crippen LogP) is 4.39. The molecule has 5 nitrogen and oxygen atoms in total. The first-order valence-electron chi connectivity index (χ1n) is 10.5. The molecule has 3 aromatic rings. The van der Waals surface area contributed by atoms with Crippen molar-refractivity contribution in [3.05, 3.63) is 82.3 Å². The van der Waals surface area contributed by atoms with Crippen LogP contribution in [0.2, 0.25) is 0 Å². The van der Waals surface area contributed by atoms with Gasteiger partial charge in [0, 0.05) is 60.2 Å². The van der Waals surface area contributed by atoms with Crippen molar-refractivity contribution in [2.75, 3.05) is 18.0 Å². The lowest BCUT2D eigenvalue weighted by atomic mass is 10.0. The van der Waals surface area contributed by atoms with Crippen molar-refractivity contribution in [2.24, 2.45) is 0 Å². The van der Waals surface area contributed by atoms with Crippen LogP contribution in [0.4, 0.5) is 5.69 Å². The van der Waals surface area contributed by atoms with Gasteiger partial charge >= 0.3 is 0 Å². The molecule has 1 unspecified atom stereocenters. The molecular weight excluding hydrogens is 392 g/mol. The predicted molar refractivity (Wildman–Crippen MR) is 123 cm³/mol. The van der Waals surface area contributed by atoms with Crippen molar-refractivity contribution >= 4 is 22.9 Å². The molecule has 1 aliphatic heterocycles. The van der Waals surface area contributed by atoms with Crippen molar-refractivity contribution in [1.29, 1.82) is 0 Å². The number of hydrogen-bond acceptors (Lipinski definition) is 5. The first kappa shape index (κ1) is 20.6. The molecule has 6 heteroatoms. The molecule has 1 fully saturated rings. The first-order valence-corrected chi connectivity index (χ1v) is 11.4. The SMILES string of the molecule is CC(NC1CCN(c2ccc(C(=O)NCc3cccnc3)cc2)CC1)c1cccs1. The highest BCUT2D eigenvalue weighted by molar-refractivity contribution is 7.10. The largest absolute Gasteiger partial charge is 0.371 e. The Labute approximate surface area is 182 Å². The Balaban J connectivity index is 1.26. The fourth-order valence-corrected chi connectivity index (χ4v) is 4.63. The van der Waals surface area contributed by atoms with E-state index in [-0.39, 0.29) is 5.91 Å². The van der Waals surface area contributed by atoms with Crippen LogP contribution in [0.5, 0.6) is 0 Å². The lowest BCUT2D eigenvalue weighted by Gasteiger charge is -2.35. The summed E-state index contributed by atoms with van der Waals surface area (Å²) in [7, 11) is 0. The average molecular weight is 421 g/mol. The molecule has 0 aliphatic carbocycles. The van der Waals surface area contributed by atoms with Gasteiger partial charge in [0.05, 0.1) is 0 Å². The van der Waals surface area contributed by atoms with Crippen LogP contribution in [0.25, 0.3) is 0 Å². The van der Waals surface area contributed by atoms with Crippen molar-refractivity contribution in [3.8, 4) is 0 Å². The minimum Gasteiger partial charge on any atom is -0.371 e. The van der Waals surface area contributed by atoms with E-state index in [1.165, 1.54) is 10.6 Å². The summed E-state index contributed by atoms with van der Waals surface area (Å²) in [6.45, 7) is 4.79. The van der Waals surface area contributed by atoms with Crippen LogP contribution in [0.15, 0.2) is 66.3 Å². The third kappa shape index (κ3) is 5.26. The summed E-state index contributed by atoms with van der Waals surface area (Å²) in [5, 5.41) is 8.86. The van der Waals surface area contributed by atoms with Crippen LogP contribution in [0.1, 0.15) is 46.6 Å². The maximum atomic E-state index is 12.4. The van der Waals surface area contributed by atoms with E-state index in [0.29, 0.717) is 24.2 Å². The molecule has 3 heterocycles. The Bertz CT molecular complexity index is 920. The summed E-state index contributed by atoms with van der Waals surface area (Å²) in [6.07, 6.45) is 5.75. The molecule has 0 spiro atoms. The molecule has 0 radical (unpaired) electrons. The quantitative estimate of drug-likeness (QED) is 0.595. The number of nitrogens with one attached hydrogen (secondary N) is 2. The molecule has 30 heavy (non-hydrogen) atoms. The Kier molecular flexibility index (Phi) is 6.77. The smallest absolute Gasteiger partial charge is 0.251 e. The number of thiophene rings is 1. The van der Waals surface area contributed by atoms with Crippen LogP contribution in [-0.2, 0) is 6.54 Å². The van der Waals surface area contributed by atoms with Crippen LogP contribution >= 0.6 is 11.3 Å². The zero-order valence-electron chi connectivity index (χ0n) is 17.3. The van der Waals surface area contributed by atoms with E-state index < -0.39 is 0 Å². The van der Waals surface area contributed by atoms with E-state index >= 15 is 0 Å². The van der Waals surface area contributed by atoms with E-state index in [9.17, 15) is 4.79 Å². The monoisotopic (exact) mass is 420 g/mol. The van der Waals surface area contributed by atoms with Crippen LogP contribution in [0, 0.1) is 0 Å². The van der Waals surface area contributed by atoms with Crippen molar-refractivity contribution in [2.45, 2.75) is 38.4 Å². The second-order valence-electron chi connectivity index (χ2n) is 7.76. The van der Waals surface area contributed by atoms with Gasteiger partial charge in [0.2, 0.25) is 0 Å². The molecule has 0 bridgehead atoms. The van der Waals surface area contributed by atoms with E-state index in [4.69, 9.17) is 0 Å². The fourth-order valence-electron chi connectivity index (χ4n) is 3.89. The number of piperidine rings is 1. The summed E-state index contributed by atoms with van der Waals surface area (Å²) in [6, 6.07) is 17.0. The number of pyridine rings is 1. The molecule has 156 valence electrons. The summed E-state index contributed by atoms with van der Waals surface area (Å²) in [4.78, 5) is 20.3. The number of anilines is 1. The number of carbonyl (C=O) groups excluding carboxylic acids is 1. The molecule has 1 amide bonds. The molecule has 1 saturated heterocycles. The number of nitrogens with zero attached hydrogens (tertiary/aromatic N) is 2. The molecule has 1 atom stereocenters. The minimum atomic E-state index is -0.0594. The fraction of sp³-hybridized carbons (Fsp3) is 0.333. The molecule has 1 aromatic carbocycles. The summed E-state index contributed by atoms with van der Waals surface area (Å²) in [5.41, 5.74) is 2.86. The van der Waals surface area contributed by atoms with E-state index in [1.54, 1.807) is 12.4 Å². The molecule has 0 saturated carbocycles. The Morgan fingerprint density at radius 3 is 2.63 bits per heavy atom. The number of carbonyl (C=O) groups is 1. The number of benzene rings is 1. The molecule has 2 N–H and O–H groups in total. The minimum absolute atomic E-state index is 0.0594. The first-order chi connectivity index (χ1) is 14.7.